The van der Waals surface area contributed by atoms with Crippen LogP contribution in [0.15, 0.2) is 48.6 Å². The van der Waals surface area contributed by atoms with Crippen molar-refractivity contribution in [1.82, 2.24) is 9.80 Å². The summed E-state index contributed by atoms with van der Waals surface area (Å²) >= 11 is 0. The highest BCUT2D eigenvalue weighted by Gasteiger charge is 2.72. The van der Waals surface area contributed by atoms with Crippen molar-refractivity contribution >= 4 is 23.4 Å². The smallest absolute Gasteiger partial charge is 0.249 e. The monoisotopic (exact) mass is 565 g/mol. The lowest BCUT2D eigenvalue weighted by molar-refractivity contribution is -0.150. The number of rotatable bonds is 10. The summed E-state index contributed by atoms with van der Waals surface area (Å²) in [5, 5.41) is 10.5. The highest BCUT2D eigenvalue weighted by molar-refractivity contribution is 6.04. The zero-order valence-corrected chi connectivity index (χ0v) is 24.6. The minimum Gasteiger partial charge on any atom is -0.494 e. The Morgan fingerprint density at radius 3 is 2.46 bits per heavy atom. The molecule has 0 radical (unpaired) electrons. The van der Waals surface area contributed by atoms with Gasteiger partial charge in [0.05, 0.1) is 37.2 Å². The number of nitrogens with zero attached hydrogens (tertiary/aromatic N) is 3. The highest BCUT2D eigenvalue weighted by Crippen LogP contribution is 2.54. The Hall–Kier alpha value is -3.17. The number of hydrogen-bond donors (Lipinski definition) is 1. The van der Waals surface area contributed by atoms with E-state index in [1.807, 2.05) is 69.3 Å². The van der Waals surface area contributed by atoms with Gasteiger partial charge in [0.25, 0.3) is 0 Å². The third-order valence-corrected chi connectivity index (χ3v) is 8.77. The van der Waals surface area contributed by atoms with Crippen LogP contribution in [0.25, 0.3) is 0 Å². The Balaban J connectivity index is 1.56. The molecule has 1 unspecified atom stereocenters. The number of anilines is 1. The average molecular weight is 566 g/mol. The van der Waals surface area contributed by atoms with Crippen molar-refractivity contribution < 1.29 is 29.0 Å². The van der Waals surface area contributed by atoms with Gasteiger partial charge in [-0.05, 0) is 49.9 Å². The molecule has 4 heterocycles. The first-order valence-corrected chi connectivity index (χ1v) is 15.1. The third kappa shape index (κ3) is 5.07. The number of ether oxygens (including phenoxy) is 2. The number of unbranched alkanes of at least 4 members (excludes halogenated alkanes) is 1. The molecule has 41 heavy (non-hydrogen) atoms. The van der Waals surface area contributed by atoms with Gasteiger partial charge in [-0.1, -0.05) is 51.5 Å². The number of benzene rings is 1. The summed E-state index contributed by atoms with van der Waals surface area (Å²) in [6.45, 7) is 9.67. The van der Waals surface area contributed by atoms with Gasteiger partial charge < -0.3 is 29.3 Å². The molecule has 222 valence electrons. The highest BCUT2D eigenvalue weighted by atomic mass is 16.5. The van der Waals surface area contributed by atoms with Gasteiger partial charge in [0.15, 0.2) is 0 Å². The van der Waals surface area contributed by atoms with Crippen molar-refractivity contribution in [3.8, 4) is 5.75 Å². The molecule has 4 aliphatic heterocycles. The summed E-state index contributed by atoms with van der Waals surface area (Å²) in [6.07, 6.45) is 9.22. The van der Waals surface area contributed by atoms with E-state index in [-0.39, 0.29) is 30.2 Å². The topological polar surface area (TPSA) is 99.6 Å². The summed E-state index contributed by atoms with van der Waals surface area (Å²) < 4.78 is 12.3. The Morgan fingerprint density at radius 2 is 1.80 bits per heavy atom. The maximum atomic E-state index is 14.5. The SMILES string of the molecule is CCCCN1CC=C[C@]23O[C@@H]4C=CCN(c5ccc(OCC)cc5)C(=O)[C@@H]4[C@H]2C(=O)N([C@@H](CO)CC(C)C)C3C1=O. The van der Waals surface area contributed by atoms with Gasteiger partial charge in [-0.2, -0.15) is 0 Å². The van der Waals surface area contributed by atoms with Gasteiger partial charge in [0, 0.05) is 25.3 Å². The number of likely N-dealkylation sites (tertiary alicyclic amines) is 1. The van der Waals surface area contributed by atoms with E-state index in [4.69, 9.17) is 9.47 Å². The zero-order chi connectivity index (χ0) is 29.3. The van der Waals surface area contributed by atoms with E-state index in [1.165, 1.54) is 0 Å². The largest absolute Gasteiger partial charge is 0.494 e. The molecule has 4 aliphatic rings. The van der Waals surface area contributed by atoms with Crippen LogP contribution in [-0.2, 0) is 19.1 Å². The van der Waals surface area contributed by atoms with Crippen LogP contribution in [0.4, 0.5) is 5.69 Å². The third-order valence-electron chi connectivity index (χ3n) is 8.77. The fourth-order valence-corrected chi connectivity index (χ4v) is 7.01. The molecule has 1 aromatic rings. The first-order valence-electron chi connectivity index (χ1n) is 15.1. The Morgan fingerprint density at radius 1 is 1.05 bits per heavy atom. The lowest BCUT2D eigenvalue weighted by Crippen LogP contribution is -2.58. The number of hydrogen-bond acceptors (Lipinski definition) is 6. The number of carbonyl (C=O) groups excluding carboxylic acids is 3. The van der Waals surface area contributed by atoms with Gasteiger partial charge in [0.2, 0.25) is 17.7 Å². The molecule has 0 saturated carbocycles. The minimum absolute atomic E-state index is 0.183. The van der Waals surface area contributed by atoms with Crippen molar-refractivity contribution in [2.45, 2.75) is 70.7 Å². The molecule has 9 nitrogen and oxygen atoms in total. The second-order valence-corrected chi connectivity index (χ2v) is 11.9. The molecule has 3 amide bonds. The van der Waals surface area contributed by atoms with Crippen molar-refractivity contribution in [2.24, 2.45) is 17.8 Å². The molecular weight excluding hydrogens is 522 g/mol. The van der Waals surface area contributed by atoms with Crippen LogP contribution in [0.3, 0.4) is 0 Å². The summed E-state index contributed by atoms with van der Waals surface area (Å²) in [5.74, 6) is -1.48. The molecule has 1 N–H and O–H groups in total. The van der Waals surface area contributed by atoms with E-state index in [0.29, 0.717) is 38.3 Å². The average Bonchev–Trinajstić information content (AvgIpc) is 3.28. The number of aliphatic hydroxyl groups excluding tert-OH is 1. The number of carbonyl (C=O) groups is 3. The Labute approximate surface area is 242 Å². The fourth-order valence-electron chi connectivity index (χ4n) is 7.01. The molecule has 9 heteroatoms. The first kappa shape index (κ1) is 29.3. The van der Waals surface area contributed by atoms with E-state index in [0.717, 1.165) is 18.6 Å². The van der Waals surface area contributed by atoms with E-state index >= 15 is 0 Å². The van der Waals surface area contributed by atoms with Crippen molar-refractivity contribution in [3.63, 3.8) is 0 Å². The molecule has 0 aromatic heterocycles. The standard InChI is InChI=1S/C32H43N3O6/c1-5-7-16-33-17-9-15-32-27(30(38)35(28(32)31(33)39)23(20-36)19-21(3)4)26-25(41-32)10-8-18-34(29(26)37)22-11-13-24(14-12-22)40-6-2/h8-15,21,23,25-28,36H,5-7,16-20H2,1-4H3/t23-,25-,26+,27+,28?,32+/m1/s1. The molecule has 0 bridgehead atoms. The van der Waals surface area contributed by atoms with Crippen molar-refractivity contribution in [3.05, 3.63) is 48.6 Å². The molecule has 0 aliphatic carbocycles. The molecule has 1 spiro atoms. The molecule has 1 aromatic carbocycles. The predicted octanol–water partition coefficient (Wildman–Crippen LogP) is 3.17. The van der Waals surface area contributed by atoms with Crippen LogP contribution in [-0.4, -0.2) is 89.3 Å². The summed E-state index contributed by atoms with van der Waals surface area (Å²) in [4.78, 5) is 48.1. The van der Waals surface area contributed by atoms with Crippen molar-refractivity contribution in [2.75, 3.05) is 37.7 Å². The molecular formula is C32H43N3O6. The summed E-state index contributed by atoms with van der Waals surface area (Å²) in [6, 6.07) is 5.86. The molecule has 2 fully saturated rings. The second-order valence-electron chi connectivity index (χ2n) is 11.9. The van der Waals surface area contributed by atoms with Crippen LogP contribution in [0.2, 0.25) is 0 Å². The van der Waals surface area contributed by atoms with E-state index in [9.17, 15) is 19.5 Å². The zero-order valence-electron chi connectivity index (χ0n) is 24.6. The molecule has 2 saturated heterocycles. The van der Waals surface area contributed by atoms with Crippen LogP contribution in [0, 0.1) is 17.8 Å². The quantitative estimate of drug-likeness (QED) is 0.438. The molecule has 6 atom stereocenters. The van der Waals surface area contributed by atoms with Gasteiger partial charge in [-0.25, -0.2) is 0 Å². The normalized spacial score (nSPS) is 29.9. The Bertz CT molecular complexity index is 1200. The van der Waals surface area contributed by atoms with Crippen LogP contribution in [0.5, 0.6) is 5.75 Å². The maximum Gasteiger partial charge on any atom is 0.249 e. The van der Waals surface area contributed by atoms with Crippen LogP contribution < -0.4 is 9.64 Å². The van der Waals surface area contributed by atoms with Gasteiger partial charge in [0.1, 0.15) is 17.4 Å². The predicted molar refractivity (Wildman–Crippen MR) is 155 cm³/mol. The van der Waals surface area contributed by atoms with Gasteiger partial charge in [-0.3, -0.25) is 14.4 Å². The first-order chi connectivity index (χ1) is 19.8. The number of aliphatic hydroxyl groups is 1. The van der Waals surface area contributed by atoms with E-state index < -0.39 is 35.6 Å². The molecule has 5 rings (SSSR count). The fraction of sp³-hybridized carbons (Fsp3) is 0.594. The number of amides is 3. The van der Waals surface area contributed by atoms with E-state index in [1.54, 1.807) is 14.7 Å². The second kappa shape index (κ2) is 12.0. The van der Waals surface area contributed by atoms with Gasteiger partial charge in [-0.15, -0.1) is 0 Å². The lowest BCUT2D eigenvalue weighted by atomic mass is 9.77. The summed E-state index contributed by atoms with van der Waals surface area (Å²) in [5.41, 5.74) is -0.591. The minimum atomic E-state index is -1.29. The van der Waals surface area contributed by atoms with Crippen molar-refractivity contribution in [1.29, 1.82) is 0 Å². The van der Waals surface area contributed by atoms with Crippen LogP contribution in [0.1, 0.15) is 47.0 Å². The summed E-state index contributed by atoms with van der Waals surface area (Å²) in [7, 11) is 0. The maximum absolute atomic E-state index is 14.5. The Kier molecular flexibility index (Phi) is 8.57. The van der Waals surface area contributed by atoms with Gasteiger partial charge >= 0.3 is 0 Å². The lowest BCUT2D eigenvalue weighted by Gasteiger charge is -2.39. The van der Waals surface area contributed by atoms with Crippen LogP contribution >= 0.6 is 0 Å². The number of fused-ring (bicyclic) bond motifs is 2. The van der Waals surface area contributed by atoms with E-state index in [2.05, 4.69) is 6.92 Å².